The second-order valence-corrected chi connectivity index (χ2v) is 6.50. The lowest BCUT2D eigenvalue weighted by molar-refractivity contribution is -0.147. The number of Topliss-reactive ketones (excluding diaryl/α,β-unsaturated/α-hetero) is 1. The summed E-state index contributed by atoms with van der Waals surface area (Å²) in [6.45, 7) is 0. The Bertz CT molecular complexity index is 672. The van der Waals surface area contributed by atoms with Crippen LogP contribution in [0.3, 0.4) is 0 Å². The Morgan fingerprint density at radius 3 is 2.26 bits per heavy atom. The average Bonchev–Trinajstić information content (AvgIpc) is 2.22. The first-order chi connectivity index (χ1) is 8.70. The third-order valence-corrected chi connectivity index (χ3v) is 5.46. The molecular formula is C11H8F2O5S. The zero-order valence-electron chi connectivity index (χ0n) is 9.39. The van der Waals surface area contributed by atoms with Gasteiger partial charge in [-0.15, -0.1) is 0 Å². The molecule has 1 aromatic carbocycles. The summed E-state index contributed by atoms with van der Waals surface area (Å²) in [6, 6.07) is 1.72. The van der Waals surface area contributed by atoms with Crippen molar-refractivity contribution in [3.63, 3.8) is 0 Å². The molecule has 1 N–H and O–H groups in total. The van der Waals surface area contributed by atoms with Gasteiger partial charge in [-0.25, -0.2) is 17.2 Å². The van der Waals surface area contributed by atoms with Crippen molar-refractivity contribution in [1.82, 2.24) is 0 Å². The Morgan fingerprint density at radius 2 is 1.84 bits per heavy atom. The summed E-state index contributed by atoms with van der Waals surface area (Å²) in [5.74, 6) is -4.60. The quantitative estimate of drug-likeness (QED) is 0.836. The predicted molar refractivity (Wildman–Crippen MR) is 58.2 cm³/mol. The van der Waals surface area contributed by atoms with Crippen LogP contribution in [0.25, 0.3) is 0 Å². The van der Waals surface area contributed by atoms with Crippen LogP contribution in [-0.4, -0.2) is 30.0 Å². The maximum absolute atomic E-state index is 13.5. The molecule has 5 nitrogen and oxygen atoms in total. The van der Waals surface area contributed by atoms with E-state index in [2.05, 4.69) is 0 Å². The summed E-state index contributed by atoms with van der Waals surface area (Å²) < 4.78 is 48.2. The molecule has 2 rings (SSSR count). The monoisotopic (exact) mass is 290 g/mol. The Balaban J connectivity index is 2.59. The van der Waals surface area contributed by atoms with Crippen molar-refractivity contribution in [2.75, 3.05) is 0 Å². The molecule has 1 aliphatic carbocycles. The van der Waals surface area contributed by atoms with Crippen LogP contribution in [0.15, 0.2) is 23.1 Å². The maximum atomic E-state index is 13.5. The van der Waals surface area contributed by atoms with Crippen molar-refractivity contribution in [1.29, 1.82) is 0 Å². The van der Waals surface area contributed by atoms with E-state index in [1.165, 1.54) is 0 Å². The van der Waals surface area contributed by atoms with Gasteiger partial charge in [0.25, 0.3) is 0 Å². The fraction of sp³-hybridized carbons (Fsp3) is 0.273. The summed E-state index contributed by atoms with van der Waals surface area (Å²) in [6.07, 6.45) is -1.41. The van der Waals surface area contributed by atoms with Crippen LogP contribution in [0.5, 0.6) is 0 Å². The van der Waals surface area contributed by atoms with E-state index >= 15 is 0 Å². The molecule has 0 spiro atoms. The Hall–Kier alpha value is -1.83. The number of rotatable bonds is 3. The van der Waals surface area contributed by atoms with E-state index in [-0.39, 0.29) is 0 Å². The minimum atomic E-state index is -4.61. The standard InChI is InChI=1S/C11H8F2O5S/c12-6-1-2-9(8(13)3-6)19(17,18)11(10(15)16)4-7(14)5-11/h1-3H,4-5H2,(H,15,16). The van der Waals surface area contributed by atoms with Crippen molar-refractivity contribution in [2.45, 2.75) is 22.5 Å². The van der Waals surface area contributed by atoms with E-state index in [1.807, 2.05) is 0 Å². The molecular weight excluding hydrogens is 282 g/mol. The van der Waals surface area contributed by atoms with Crippen molar-refractivity contribution < 1.29 is 31.9 Å². The highest BCUT2D eigenvalue weighted by molar-refractivity contribution is 7.93. The first kappa shape index (κ1) is 13.6. The van der Waals surface area contributed by atoms with Gasteiger partial charge >= 0.3 is 5.97 Å². The van der Waals surface area contributed by atoms with E-state index in [9.17, 15) is 26.8 Å². The maximum Gasteiger partial charge on any atom is 0.326 e. The van der Waals surface area contributed by atoms with Gasteiger partial charge in [-0.1, -0.05) is 0 Å². The zero-order chi connectivity index (χ0) is 14.4. The van der Waals surface area contributed by atoms with Crippen molar-refractivity contribution in [2.24, 2.45) is 0 Å². The number of benzene rings is 1. The molecule has 1 aliphatic rings. The number of hydrogen-bond donors (Lipinski definition) is 1. The van der Waals surface area contributed by atoms with Gasteiger partial charge in [-0.3, -0.25) is 9.59 Å². The zero-order valence-corrected chi connectivity index (χ0v) is 10.2. The lowest BCUT2D eigenvalue weighted by Crippen LogP contribution is -2.56. The first-order valence-electron chi connectivity index (χ1n) is 5.15. The van der Waals surface area contributed by atoms with E-state index in [1.54, 1.807) is 0 Å². The highest BCUT2D eigenvalue weighted by atomic mass is 32.2. The largest absolute Gasteiger partial charge is 0.480 e. The highest BCUT2D eigenvalue weighted by Crippen LogP contribution is 2.41. The van der Waals surface area contributed by atoms with Gasteiger partial charge in [0, 0.05) is 18.9 Å². The van der Waals surface area contributed by atoms with Crippen molar-refractivity contribution in [3.05, 3.63) is 29.8 Å². The van der Waals surface area contributed by atoms with Crippen LogP contribution >= 0.6 is 0 Å². The molecule has 0 aliphatic heterocycles. The number of carboxylic acid groups (broad SMARTS) is 1. The number of carbonyl (C=O) groups excluding carboxylic acids is 1. The number of halogens is 2. The molecule has 102 valence electrons. The van der Waals surface area contributed by atoms with E-state index in [0.29, 0.717) is 18.2 Å². The van der Waals surface area contributed by atoms with Gasteiger partial charge in [0.1, 0.15) is 22.3 Å². The highest BCUT2D eigenvalue weighted by Gasteiger charge is 2.61. The average molecular weight is 290 g/mol. The smallest absolute Gasteiger partial charge is 0.326 e. The third-order valence-electron chi connectivity index (χ3n) is 3.05. The van der Waals surface area contributed by atoms with Crippen molar-refractivity contribution in [3.8, 4) is 0 Å². The molecule has 0 atom stereocenters. The second-order valence-electron chi connectivity index (χ2n) is 4.27. The number of sulfone groups is 1. The fourth-order valence-corrected chi connectivity index (χ4v) is 3.86. The topological polar surface area (TPSA) is 88.5 Å². The molecule has 0 aromatic heterocycles. The minimum absolute atomic E-state index is 0.350. The lowest BCUT2D eigenvalue weighted by Gasteiger charge is -2.35. The van der Waals surface area contributed by atoms with Crippen molar-refractivity contribution >= 4 is 21.6 Å². The number of ketones is 1. The molecule has 0 radical (unpaired) electrons. The van der Waals surface area contributed by atoms with Gasteiger partial charge in [0.05, 0.1) is 0 Å². The Labute approximate surface area is 106 Å². The summed E-state index contributed by atoms with van der Waals surface area (Å²) >= 11 is 0. The summed E-state index contributed by atoms with van der Waals surface area (Å²) in [7, 11) is -4.61. The van der Waals surface area contributed by atoms with Gasteiger partial charge < -0.3 is 5.11 Å². The van der Waals surface area contributed by atoms with Gasteiger partial charge in [0.15, 0.2) is 14.6 Å². The summed E-state index contributed by atoms with van der Waals surface area (Å²) in [5, 5.41) is 9.02. The molecule has 0 bridgehead atoms. The fourth-order valence-electron chi connectivity index (χ4n) is 1.95. The number of hydrogen-bond acceptors (Lipinski definition) is 4. The van der Waals surface area contributed by atoms with E-state index in [4.69, 9.17) is 5.11 Å². The van der Waals surface area contributed by atoms with Crippen LogP contribution in [0.2, 0.25) is 0 Å². The van der Waals surface area contributed by atoms with Gasteiger partial charge in [-0.05, 0) is 12.1 Å². The molecule has 1 aromatic rings. The van der Waals surface area contributed by atoms with Crippen LogP contribution in [0.4, 0.5) is 8.78 Å². The first-order valence-corrected chi connectivity index (χ1v) is 6.64. The minimum Gasteiger partial charge on any atom is -0.480 e. The molecule has 1 fully saturated rings. The molecule has 0 heterocycles. The molecule has 0 amide bonds. The van der Waals surface area contributed by atoms with Crippen LogP contribution in [0.1, 0.15) is 12.8 Å². The third kappa shape index (κ3) is 1.83. The molecule has 19 heavy (non-hydrogen) atoms. The number of carboxylic acids is 1. The lowest BCUT2D eigenvalue weighted by atomic mass is 9.83. The van der Waals surface area contributed by atoms with Gasteiger partial charge in [-0.2, -0.15) is 0 Å². The van der Waals surface area contributed by atoms with Gasteiger partial charge in [0.2, 0.25) is 0 Å². The second kappa shape index (κ2) is 4.09. The summed E-state index contributed by atoms with van der Waals surface area (Å²) in [4.78, 5) is 21.2. The Kier molecular flexibility index (Phi) is 2.93. The molecule has 1 saturated carbocycles. The molecule has 0 saturated heterocycles. The van der Waals surface area contributed by atoms with Crippen LogP contribution < -0.4 is 0 Å². The van der Waals surface area contributed by atoms with Crippen LogP contribution in [-0.2, 0) is 19.4 Å². The molecule has 8 heteroatoms. The SMILES string of the molecule is O=C1CC(C(=O)O)(S(=O)(=O)c2ccc(F)cc2F)C1. The van der Waals surface area contributed by atoms with E-state index in [0.717, 1.165) is 0 Å². The normalized spacial score (nSPS) is 17.9. The summed E-state index contributed by atoms with van der Waals surface area (Å²) in [5.41, 5.74) is 0. The number of aliphatic carboxylic acids is 1. The molecule has 0 unspecified atom stereocenters. The van der Waals surface area contributed by atoms with Crippen LogP contribution in [0, 0.1) is 11.6 Å². The Morgan fingerprint density at radius 1 is 1.26 bits per heavy atom. The predicted octanol–water partition coefficient (Wildman–Crippen LogP) is 0.925. The number of carbonyl (C=O) groups is 2. The van der Waals surface area contributed by atoms with E-state index < -0.39 is 55.7 Å².